The Hall–Kier alpha value is -2.60. The second-order valence-electron chi connectivity index (χ2n) is 3.88. The Bertz CT molecular complexity index is 787. The molecule has 3 N–H and O–H groups in total. The smallest absolute Gasteiger partial charge is 0.328 e. The summed E-state index contributed by atoms with van der Waals surface area (Å²) < 4.78 is 0. The summed E-state index contributed by atoms with van der Waals surface area (Å²) in [6.45, 7) is 0. The lowest BCUT2D eigenvalue weighted by molar-refractivity contribution is 0.104. The molecule has 1 aromatic carbocycles. The van der Waals surface area contributed by atoms with Gasteiger partial charge in [0.2, 0.25) is 5.88 Å². The van der Waals surface area contributed by atoms with E-state index in [9.17, 15) is 19.5 Å². The van der Waals surface area contributed by atoms with Crippen LogP contribution in [0.4, 0.5) is 0 Å². The molecule has 2 rings (SSSR count). The zero-order valence-electron chi connectivity index (χ0n) is 10.0. The monoisotopic (exact) mass is 292 g/mol. The van der Waals surface area contributed by atoms with Crippen LogP contribution < -0.4 is 11.2 Å². The van der Waals surface area contributed by atoms with Gasteiger partial charge < -0.3 is 5.11 Å². The van der Waals surface area contributed by atoms with Gasteiger partial charge in [-0.3, -0.25) is 19.6 Å². The van der Waals surface area contributed by atoms with E-state index in [1.807, 2.05) is 9.97 Å². The fourth-order valence-corrected chi connectivity index (χ4v) is 1.66. The van der Waals surface area contributed by atoms with Crippen LogP contribution in [0.25, 0.3) is 6.08 Å². The average molecular weight is 293 g/mol. The average Bonchev–Trinajstić information content (AvgIpc) is 2.37. The summed E-state index contributed by atoms with van der Waals surface area (Å²) in [5.41, 5.74) is -1.65. The lowest BCUT2D eigenvalue weighted by Gasteiger charge is -1.98. The Balaban J connectivity index is 2.31. The fraction of sp³-hybridized carbons (Fsp3) is 0. The van der Waals surface area contributed by atoms with Crippen molar-refractivity contribution in [2.75, 3.05) is 0 Å². The number of halogens is 1. The standard InChI is InChI=1S/C13H9ClN2O4/c14-8-4-1-7(2-5-8)3-6-9(17)10-11(18)15-13(20)16-12(10)19/h1-6H,(H3,15,16,18,19,20)/b6-3+. The van der Waals surface area contributed by atoms with Crippen molar-refractivity contribution in [3.63, 3.8) is 0 Å². The van der Waals surface area contributed by atoms with E-state index in [4.69, 9.17) is 11.6 Å². The molecule has 0 aliphatic heterocycles. The van der Waals surface area contributed by atoms with E-state index in [1.165, 1.54) is 6.08 Å². The van der Waals surface area contributed by atoms with Crippen LogP contribution >= 0.6 is 11.6 Å². The second kappa shape index (κ2) is 5.58. The third kappa shape index (κ3) is 3.04. The summed E-state index contributed by atoms with van der Waals surface area (Å²) in [6.07, 6.45) is 2.58. The molecule has 0 bridgehead atoms. The van der Waals surface area contributed by atoms with Crippen LogP contribution in [0.5, 0.6) is 5.88 Å². The minimum Gasteiger partial charge on any atom is -0.494 e. The number of aromatic nitrogens is 2. The number of hydrogen-bond acceptors (Lipinski definition) is 4. The van der Waals surface area contributed by atoms with Gasteiger partial charge in [-0.1, -0.05) is 29.8 Å². The number of aromatic amines is 2. The topological polar surface area (TPSA) is 103 Å². The Morgan fingerprint density at radius 1 is 1.15 bits per heavy atom. The Kier molecular flexibility index (Phi) is 3.86. The second-order valence-corrected chi connectivity index (χ2v) is 4.32. The number of rotatable bonds is 3. The molecule has 0 amide bonds. The maximum atomic E-state index is 11.8. The Morgan fingerprint density at radius 2 is 1.80 bits per heavy atom. The molecule has 6 nitrogen and oxygen atoms in total. The lowest BCUT2D eigenvalue weighted by Crippen LogP contribution is -2.27. The zero-order chi connectivity index (χ0) is 14.7. The predicted octanol–water partition coefficient (Wildman–Crippen LogP) is 1.32. The van der Waals surface area contributed by atoms with Crippen molar-refractivity contribution >= 4 is 23.5 Å². The number of carbonyl (C=O) groups is 1. The number of nitrogens with one attached hydrogen (secondary N) is 2. The molecule has 0 fully saturated rings. The molecule has 0 saturated heterocycles. The van der Waals surface area contributed by atoms with Crippen LogP contribution in [0.3, 0.4) is 0 Å². The minimum atomic E-state index is -0.947. The first-order chi connectivity index (χ1) is 9.47. The van der Waals surface area contributed by atoms with Gasteiger partial charge in [0.25, 0.3) is 5.56 Å². The number of ketones is 1. The minimum absolute atomic E-state index is 0.519. The van der Waals surface area contributed by atoms with Gasteiger partial charge in [-0.25, -0.2) is 4.79 Å². The SMILES string of the molecule is O=C(/C=C/c1ccc(Cl)cc1)c1c(O)[nH]c(=O)[nH]c1=O. The molecule has 1 aromatic heterocycles. The normalized spacial score (nSPS) is 10.8. The predicted molar refractivity (Wildman–Crippen MR) is 74.2 cm³/mol. The van der Waals surface area contributed by atoms with Gasteiger partial charge >= 0.3 is 5.69 Å². The van der Waals surface area contributed by atoms with Gasteiger partial charge in [-0.2, -0.15) is 0 Å². The van der Waals surface area contributed by atoms with Gasteiger partial charge in [0.1, 0.15) is 5.56 Å². The van der Waals surface area contributed by atoms with E-state index in [2.05, 4.69) is 0 Å². The molecule has 0 aliphatic rings. The maximum Gasteiger partial charge on any atom is 0.328 e. The number of H-pyrrole nitrogens is 2. The largest absolute Gasteiger partial charge is 0.494 e. The summed E-state index contributed by atoms with van der Waals surface area (Å²) in [5.74, 6) is -1.49. The first-order valence-corrected chi connectivity index (χ1v) is 5.88. The molecule has 0 aliphatic carbocycles. The van der Waals surface area contributed by atoms with Gasteiger partial charge in [-0.15, -0.1) is 0 Å². The van der Waals surface area contributed by atoms with Crippen molar-refractivity contribution < 1.29 is 9.90 Å². The zero-order valence-corrected chi connectivity index (χ0v) is 10.8. The molecule has 0 spiro atoms. The molecule has 102 valence electrons. The molecular weight excluding hydrogens is 284 g/mol. The maximum absolute atomic E-state index is 11.8. The Morgan fingerprint density at radius 3 is 2.40 bits per heavy atom. The van der Waals surface area contributed by atoms with E-state index in [-0.39, 0.29) is 0 Å². The van der Waals surface area contributed by atoms with Crippen molar-refractivity contribution in [3.8, 4) is 5.88 Å². The van der Waals surface area contributed by atoms with Crippen LogP contribution in [0.2, 0.25) is 5.02 Å². The van der Waals surface area contributed by atoms with Crippen LogP contribution in [0.1, 0.15) is 15.9 Å². The first kappa shape index (κ1) is 13.8. The Labute approximate surface area is 117 Å². The summed E-state index contributed by atoms with van der Waals surface area (Å²) in [6, 6.07) is 6.66. The highest BCUT2D eigenvalue weighted by Crippen LogP contribution is 2.12. The van der Waals surface area contributed by atoms with Gasteiger partial charge in [0.05, 0.1) is 0 Å². The van der Waals surface area contributed by atoms with Gasteiger partial charge in [-0.05, 0) is 23.8 Å². The van der Waals surface area contributed by atoms with Crippen molar-refractivity contribution in [2.24, 2.45) is 0 Å². The quantitative estimate of drug-likeness (QED) is 0.586. The van der Waals surface area contributed by atoms with Crippen molar-refractivity contribution in [1.29, 1.82) is 0 Å². The van der Waals surface area contributed by atoms with E-state index < -0.39 is 28.5 Å². The van der Waals surface area contributed by atoms with Crippen LogP contribution in [-0.4, -0.2) is 20.9 Å². The summed E-state index contributed by atoms with van der Waals surface area (Å²) in [5, 5.41) is 9.99. The summed E-state index contributed by atoms with van der Waals surface area (Å²) in [7, 11) is 0. The molecule has 7 heteroatoms. The van der Waals surface area contributed by atoms with Gasteiger partial charge in [0, 0.05) is 5.02 Å². The van der Waals surface area contributed by atoms with E-state index in [0.29, 0.717) is 10.6 Å². The fourth-order valence-electron chi connectivity index (χ4n) is 1.53. The molecule has 1 heterocycles. The van der Waals surface area contributed by atoms with Crippen molar-refractivity contribution in [1.82, 2.24) is 9.97 Å². The number of benzene rings is 1. The highest BCUT2D eigenvalue weighted by Gasteiger charge is 2.14. The highest BCUT2D eigenvalue weighted by molar-refractivity contribution is 6.30. The lowest BCUT2D eigenvalue weighted by atomic mass is 10.1. The number of carbonyl (C=O) groups excluding carboxylic acids is 1. The number of hydrogen-bond donors (Lipinski definition) is 3. The van der Waals surface area contributed by atoms with E-state index >= 15 is 0 Å². The molecule has 0 saturated carbocycles. The third-order valence-corrected chi connectivity index (χ3v) is 2.72. The van der Waals surface area contributed by atoms with Crippen LogP contribution in [0.15, 0.2) is 39.9 Å². The molecule has 0 atom stereocenters. The van der Waals surface area contributed by atoms with E-state index in [0.717, 1.165) is 6.08 Å². The first-order valence-electron chi connectivity index (χ1n) is 5.51. The summed E-state index contributed by atoms with van der Waals surface area (Å²) >= 11 is 5.72. The van der Waals surface area contributed by atoms with Crippen molar-refractivity contribution in [2.45, 2.75) is 0 Å². The molecular formula is C13H9ClN2O4. The number of aromatic hydroxyl groups is 1. The van der Waals surface area contributed by atoms with Crippen LogP contribution in [0, 0.1) is 0 Å². The third-order valence-electron chi connectivity index (χ3n) is 2.47. The molecule has 0 unspecified atom stereocenters. The highest BCUT2D eigenvalue weighted by atomic mass is 35.5. The molecule has 2 aromatic rings. The number of allylic oxidation sites excluding steroid dienone is 1. The van der Waals surface area contributed by atoms with Crippen LogP contribution in [-0.2, 0) is 0 Å². The van der Waals surface area contributed by atoms with Gasteiger partial charge in [0.15, 0.2) is 5.78 Å². The molecule has 20 heavy (non-hydrogen) atoms. The van der Waals surface area contributed by atoms with Crippen molar-refractivity contribution in [3.05, 3.63) is 67.3 Å². The summed E-state index contributed by atoms with van der Waals surface area (Å²) in [4.78, 5) is 38.0. The van der Waals surface area contributed by atoms with E-state index in [1.54, 1.807) is 24.3 Å². The molecule has 0 radical (unpaired) electrons.